The molecule has 0 radical (unpaired) electrons. The molecule has 1 N–H and O–H groups in total. The molecule has 1 atom stereocenters. The zero-order valence-electron chi connectivity index (χ0n) is 21.6. The predicted octanol–water partition coefficient (Wildman–Crippen LogP) is 6.14. The number of hydrogen-bond acceptors (Lipinski definition) is 6. The Balaban J connectivity index is 1.44. The first-order valence-electron chi connectivity index (χ1n) is 12.3. The van der Waals surface area contributed by atoms with Gasteiger partial charge in [-0.25, -0.2) is 9.79 Å². The molecule has 1 saturated heterocycles. The van der Waals surface area contributed by atoms with Crippen molar-refractivity contribution >= 4 is 23.2 Å². The number of carbonyl (C=O) groups excluding carboxylic acids is 1. The fourth-order valence-corrected chi connectivity index (χ4v) is 4.65. The summed E-state index contributed by atoms with van der Waals surface area (Å²) in [6, 6.07) is 15.0. The number of fused-ring (bicyclic) bond motifs is 2. The van der Waals surface area contributed by atoms with Crippen molar-refractivity contribution in [3.05, 3.63) is 71.8 Å². The number of anilines is 1. The molecule has 11 heteroatoms. The number of aliphatic imine (C=N–C) groups is 1. The van der Waals surface area contributed by atoms with Crippen molar-refractivity contribution in [3.63, 3.8) is 0 Å². The fourth-order valence-electron chi connectivity index (χ4n) is 4.65. The minimum Gasteiger partial charge on any atom is -0.497 e. The van der Waals surface area contributed by atoms with Gasteiger partial charge in [-0.05, 0) is 55.5 Å². The Labute approximate surface area is 223 Å². The van der Waals surface area contributed by atoms with Crippen LogP contribution in [0.25, 0.3) is 0 Å². The maximum absolute atomic E-state index is 13.5. The summed E-state index contributed by atoms with van der Waals surface area (Å²) in [7, 11) is 3.09. The lowest BCUT2D eigenvalue weighted by Crippen LogP contribution is -2.56. The molecule has 0 saturated carbocycles. The molecule has 1 unspecified atom stereocenters. The predicted molar refractivity (Wildman–Crippen MR) is 140 cm³/mol. The number of hydrogen-bond donors (Lipinski definition) is 1. The molecule has 204 valence electrons. The van der Waals surface area contributed by atoms with Crippen LogP contribution < -0.4 is 19.5 Å². The maximum atomic E-state index is 13.5. The van der Waals surface area contributed by atoms with Crippen LogP contribution in [0.2, 0.25) is 0 Å². The molecule has 3 aromatic carbocycles. The van der Waals surface area contributed by atoms with Crippen molar-refractivity contribution in [2.45, 2.75) is 19.1 Å². The van der Waals surface area contributed by atoms with Gasteiger partial charge in [0.2, 0.25) is 0 Å². The van der Waals surface area contributed by atoms with Gasteiger partial charge in [-0.3, -0.25) is 0 Å². The van der Waals surface area contributed by atoms with E-state index >= 15 is 0 Å². The highest BCUT2D eigenvalue weighted by Gasteiger charge is 2.34. The zero-order chi connectivity index (χ0) is 27.7. The molecular formula is C28H27F3N4O4. The van der Waals surface area contributed by atoms with E-state index in [-0.39, 0.29) is 23.5 Å². The number of piperazine rings is 1. The number of ether oxygens (including phenoxy) is 3. The van der Waals surface area contributed by atoms with Gasteiger partial charge in [0.1, 0.15) is 28.8 Å². The van der Waals surface area contributed by atoms with Crippen LogP contribution in [-0.4, -0.2) is 61.6 Å². The first-order valence-corrected chi connectivity index (χ1v) is 12.3. The highest BCUT2D eigenvalue weighted by molar-refractivity contribution is 6.04. The average Bonchev–Trinajstić information content (AvgIpc) is 3.08. The van der Waals surface area contributed by atoms with Crippen LogP contribution in [0.3, 0.4) is 0 Å². The molecule has 3 aromatic rings. The van der Waals surface area contributed by atoms with Gasteiger partial charge in [-0.15, -0.1) is 0 Å². The minimum atomic E-state index is -4.52. The highest BCUT2D eigenvalue weighted by atomic mass is 19.4. The van der Waals surface area contributed by atoms with Crippen LogP contribution in [0.1, 0.15) is 18.1 Å². The summed E-state index contributed by atoms with van der Waals surface area (Å²) in [4.78, 5) is 21.4. The quantitative estimate of drug-likeness (QED) is 0.432. The molecule has 0 aliphatic carbocycles. The number of rotatable bonds is 3. The first-order chi connectivity index (χ1) is 18.7. The Morgan fingerprint density at radius 1 is 1.00 bits per heavy atom. The second-order valence-electron chi connectivity index (χ2n) is 9.23. The third-order valence-corrected chi connectivity index (χ3v) is 6.67. The van der Waals surface area contributed by atoms with Gasteiger partial charge in [0.05, 0.1) is 25.3 Å². The van der Waals surface area contributed by atoms with Crippen LogP contribution in [0.4, 0.5) is 29.3 Å². The van der Waals surface area contributed by atoms with Crippen molar-refractivity contribution < 1.29 is 32.2 Å². The fraction of sp³-hybridized carbons (Fsp3) is 0.286. The maximum Gasteiger partial charge on any atom is 0.416 e. The summed E-state index contributed by atoms with van der Waals surface area (Å²) in [6.07, 6.45) is -4.52. The summed E-state index contributed by atoms with van der Waals surface area (Å²) in [6.45, 7) is 3.08. The normalized spacial score (nSPS) is 16.8. The molecule has 2 aliphatic heterocycles. The Kier molecular flexibility index (Phi) is 6.98. The summed E-state index contributed by atoms with van der Waals surface area (Å²) >= 11 is 0. The molecule has 1 fully saturated rings. The number of nitrogens with zero attached hydrogens (tertiary/aromatic N) is 3. The van der Waals surface area contributed by atoms with E-state index in [0.717, 1.165) is 12.1 Å². The lowest BCUT2D eigenvalue weighted by molar-refractivity contribution is -0.137. The van der Waals surface area contributed by atoms with Crippen molar-refractivity contribution in [2.24, 2.45) is 4.99 Å². The summed E-state index contributed by atoms with van der Waals surface area (Å²) in [5.74, 6) is 2.29. The molecule has 2 amide bonds. The van der Waals surface area contributed by atoms with Gasteiger partial charge in [-0.1, -0.05) is 6.07 Å². The first kappa shape index (κ1) is 26.2. The van der Waals surface area contributed by atoms with Crippen LogP contribution >= 0.6 is 0 Å². The van der Waals surface area contributed by atoms with E-state index in [9.17, 15) is 18.0 Å². The van der Waals surface area contributed by atoms with Gasteiger partial charge in [0.15, 0.2) is 5.75 Å². The molecule has 8 nitrogen and oxygen atoms in total. The van der Waals surface area contributed by atoms with Gasteiger partial charge in [0, 0.05) is 37.4 Å². The number of benzene rings is 3. The monoisotopic (exact) mass is 540 g/mol. The number of halogens is 3. The highest BCUT2D eigenvalue weighted by Crippen LogP contribution is 2.42. The molecule has 2 heterocycles. The van der Waals surface area contributed by atoms with Crippen LogP contribution in [0.15, 0.2) is 65.7 Å². The minimum absolute atomic E-state index is 0.0702. The largest absolute Gasteiger partial charge is 0.497 e. The molecule has 0 spiro atoms. The number of nitrogens with one attached hydrogen (secondary N) is 1. The SMILES string of the molecule is COc1cccc(NC(=O)N2CCN(C3=Nc4cc(C(F)(F)F)ccc4Oc4ccc(OC)cc43)CC2C)c1. The van der Waals surface area contributed by atoms with Crippen LogP contribution in [0, 0.1) is 0 Å². The Morgan fingerprint density at radius 3 is 2.46 bits per heavy atom. The summed E-state index contributed by atoms with van der Waals surface area (Å²) in [5, 5.41) is 2.90. The van der Waals surface area contributed by atoms with E-state index in [2.05, 4.69) is 10.3 Å². The molecule has 2 aliphatic rings. The Hall–Kier alpha value is -4.41. The third kappa shape index (κ3) is 5.43. The second kappa shape index (κ2) is 10.4. The molecule has 39 heavy (non-hydrogen) atoms. The van der Waals surface area contributed by atoms with Crippen molar-refractivity contribution in [1.29, 1.82) is 0 Å². The van der Waals surface area contributed by atoms with Gasteiger partial charge < -0.3 is 29.3 Å². The summed E-state index contributed by atoms with van der Waals surface area (Å²) in [5.41, 5.74) is 0.447. The number of alkyl halides is 3. The van der Waals surface area contributed by atoms with E-state index in [1.54, 1.807) is 54.5 Å². The standard InChI is InChI=1S/C28H27F3N4O4/c1-17-16-34(11-12-35(17)27(36)32-19-5-4-6-20(14-19)37-2)26-22-15-21(38-3)8-10-24(22)39-25-9-7-18(28(29,30)31)13-23(25)33-26/h4-10,13-15,17H,11-12,16H2,1-3H3,(H,32,36). The molecule has 0 bridgehead atoms. The average molecular weight is 541 g/mol. The van der Waals surface area contributed by atoms with Crippen molar-refractivity contribution in [1.82, 2.24) is 9.80 Å². The Bertz CT molecular complexity index is 1430. The van der Waals surface area contributed by atoms with Gasteiger partial charge in [0.25, 0.3) is 0 Å². The van der Waals surface area contributed by atoms with E-state index in [0.29, 0.717) is 54.0 Å². The van der Waals surface area contributed by atoms with E-state index < -0.39 is 11.7 Å². The number of urea groups is 1. The summed E-state index contributed by atoms with van der Waals surface area (Å²) < 4.78 is 57.1. The topological polar surface area (TPSA) is 75.6 Å². The zero-order valence-corrected chi connectivity index (χ0v) is 21.6. The second-order valence-corrected chi connectivity index (χ2v) is 9.23. The number of carbonyl (C=O) groups is 1. The van der Waals surface area contributed by atoms with Crippen molar-refractivity contribution in [2.75, 3.05) is 39.2 Å². The van der Waals surface area contributed by atoms with Gasteiger partial charge in [-0.2, -0.15) is 13.2 Å². The van der Waals surface area contributed by atoms with E-state index in [1.807, 2.05) is 11.8 Å². The molecular weight excluding hydrogens is 513 g/mol. The third-order valence-electron chi connectivity index (χ3n) is 6.67. The van der Waals surface area contributed by atoms with E-state index in [1.165, 1.54) is 13.2 Å². The number of methoxy groups -OCH3 is 2. The van der Waals surface area contributed by atoms with Crippen molar-refractivity contribution in [3.8, 4) is 23.0 Å². The van der Waals surface area contributed by atoms with E-state index in [4.69, 9.17) is 14.2 Å². The van der Waals surface area contributed by atoms with Gasteiger partial charge >= 0.3 is 12.2 Å². The van der Waals surface area contributed by atoms with Crippen LogP contribution in [-0.2, 0) is 6.18 Å². The number of amidine groups is 1. The molecule has 5 rings (SSSR count). The van der Waals surface area contributed by atoms with Crippen LogP contribution in [0.5, 0.6) is 23.0 Å². The lowest BCUT2D eigenvalue weighted by atomic mass is 10.1. The Morgan fingerprint density at radius 2 is 1.74 bits per heavy atom. The number of amides is 2. The molecule has 0 aromatic heterocycles. The smallest absolute Gasteiger partial charge is 0.416 e. The lowest BCUT2D eigenvalue weighted by Gasteiger charge is -2.41.